The molecule has 0 saturated carbocycles. The molecule has 0 aliphatic carbocycles. The molecule has 0 amide bonds. The summed E-state index contributed by atoms with van der Waals surface area (Å²) in [5.41, 5.74) is 10.8. The zero-order valence-electron chi connectivity index (χ0n) is 17.0. The van der Waals surface area contributed by atoms with Gasteiger partial charge in [0, 0.05) is 43.1 Å². The van der Waals surface area contributed by atoms with E-state index in [1.807, 2.05) is 54.1 Å². The summed E-state index contributed by atoms with van der Waals surface area (Å²) in [5, 5.41) is 14.6. The van der Waals surface area contributed by atoms with Crippen LogP contribution in [0.3, 0.4) is 0 Å². The van der Waals surface area contributed by atoms with E-state index in [1.54, 1.807) is 30.3 Å². The van der Waals surface area contributed by atoms with Crippen molar-refractivity contribution in [2.24, 2.45) is 12.8 Å². The number of imidazole rings is 1. The predicted octanol–water partition coefficient (Wildman–Crippen LogP) is 3.19. The smallest absolute Gasteiger partial charge is 0.224 e. The van der Waals surface area contributed by atoms with Gasteiger partial charge in [-0.15, -0.1) is 0 Å². The maximum absolute atomic E-state index is 9.91. The molecule has 2 N–H and O–H groups in total. The SMILES string of the molecule is Cc1nccn1-c1ccc(C2C(C#N)=C(N)Oc3c2c(-c2cccnc2)nn3C)cc1. The molecule has 0 spiro atoms. The second-order valence-corrected chi connectivity index (χ2v) is 7.29. The first kappa shape index (κ1) is 18.6. The normalized spacial score (nSPS) is 15.3. The Balaban J connectivity index is 1.68. The van der Waals surface area contributed by atoms with Gasteiger partial charge >= 0.3 is 0 Å². The Bertz CT molecular complexity index is 1340. The van der Waals surface area contributed by atoms with Gasteiger partial charge in [-0.2, -0.15) is 10.4 Å². The fraction of sp³-hybridized carbons (Fsp3) is 0.130. The van der Waals surface area contributed by atoms with Crippen molar-refractivity contribution in [1.82, 2.24) is 24.3 Å². The van der Waals surface area contributed by atoms with E-state index in [4.69, 9.17) is 10.5 Å². The predicted molar refractivity (Wildman–Crippen MR) is 114 cm³/mol. The molecule has 31 heavy (non-hydrogen) atoms. The van der Waals surface area contributed by atoms with Crippen LogP contribution in [-0.4, -0.2) is 24.3 Å². The van der Waals surface area contributed by atoms with Crippen molar-refractivity contribution in [3.8, 4) is 28.9 Å². The topological polar surface area (TPSA) is 108 Å². The summed E-state index contributed by atoms with van der Waals surface area (Å²) in [5.74, 6) is 1.11. The van der Waals surface area contributed by atoms with Crippen molar-refractivity contribution in [3.63, 3.8) is 0 Å². The van der Waals surface area contributed by atoms with E-state index < -0.39 is 5.92 Å². The number of hydrogen-bond acceptors (Lipinski definition) is 6. The van der Waals surface area contributed by atoms with Crippen LogP contribution in [-0.2, 0) is 7.05 Å². The van der Waals surface area contributed by atoms with Gasteiger partial charge in [0.2, 0.25) is 11.8 Å². The summed E-state index contributed by atoms with van der Waals surface area (Å²) in [6.45, 7) is 1.95. The largest absolute Gasteiger partial charge is 0.422 e. The molecule has 3 aromatic heterocycles. The van der Waals surface area contributed by atoms with E-state index in [0.717, 1.165) is 28.2 Å². The molecule has 152 valence electrons. The molecular formula is C23H19N7O. The number of hydrogen-bond donors (Lipinski definition) is 1. The highest BCUT2D eigenvalue weighted by atomic mass is 16.5. The lowest BCUT2D eigenvalue weighted by Gasteiger charge is -2.25. The Morgan fingerprint density at radius 1 is 1.16 bits per heavy atom. The molecular weight excluding hydrogens is 390 g/mol. The van der Waals surface area contributed by atoms with E-state index in [0.29, 0.717) is 17.1 Å². The van der Waals surface area contributed by atoms with Crippen molar-refractivity contribution in [2.45, 2.75) is 12.8 Å². The van der Waals surface area contributed by atoms with Crippen LogP contribution in [0.5, 0.6) is 5.88 Å². The van der Waals surface area contributed by atoms with E-state index in [9.17, 15) is 5.26 Å². The first-order chi connectivity index (χ1) is 15.1. The maximum Gasteiger partial charge on any atom is 0.224 e. The van der Waals surface area contributed by atoms with Crippen LogP contribution < -0.4 is 10.5 Å². The minimum absolute atomic E-state index is 0.0928. The average Bonchev–Trinajstić information content (AvgIpc) is 3.37. The standard InChI is InChI=1S/C23H19N7O/c1-14-27-10-11-30(14)17-7-5-15(6-8-17)19-18(12-24)22(25)31-23-20(19)21(28-29(23)2)16-4-3-9-26-13-16/h3-11,13,19H,25H2,1-2H3. The van der Waals surface area contributed by atoms with Crippen LogP contribution in [0, 0.1) is 18.3 Å². The Kier molecular flexibility index (Phi) is 4.30. The fourth-order valence-corrected chi connectivity index (χ4v) is 4.00. The Morgan fingerprint density at radius 2 is 1.97 bits per heavy atom. The molecule has 1 aromatic carbocycles. The zero-order chi connectivity index (χ0) is 21.5. The van der Waals surface area contributed by atoms with Crippen molar-refractivity contribution >= 4 is 0 Å². The van der Waals surface area contributed by atoms with Crippen molar-refractivity contribution in [1.29, 1.82) is 5.26 Å². The Hall–Kier alpha value is -4.38. The number of pyridine rings is 1. The highest BCUT2D eigenvalue weighted by Gasteiger charge is 2.36. The number of rotatable bonds is 3. The van der Waals surface area contributed by atoms with Crippen molar-refractivity contribution < 1.29 is 4.74 Å². The first-order valence-corrected chi connectivity index (χ1v) is 9.73. The summed E-state index contributed by atoms with van der Waals surface area (Å²) in [6, 6.07) is 14.0. The van der Waals surface area contributed by atoms with Crippen LogP contribution in [0.15, 0.2) is 72.6 Å². The third kappa shape index (κ3) is 2.95. The molecule has 8 heteroatoms. The molecule has 4 aromatic rings. The highest BCUT2D eigenvalue weighted by Crippen LogP contribution is 2.46. The summed E-state index contributed by atoms with van der Waals surface area (Å²) < 4.78 is 9.47. The summed E-state index contributed by atoms with van der Waals surface area (Å²) in [6.07, 6.45) is 7.14. The van der Waals surface area contributed by atoms with Gasteiger partial charge in [0.25, 0.3) is 0 Å². The summed E-state index contributed by atoms with van der Waals surface area (Å²) in [7, 11) is 1.80. The highest BCUT2D eigenvalue weighted by molar-refractivity contribution is 5.70. The molecule has 8 nitrogen and oxygen atoms in total. The van der Waals surface area contributed by atoms with Crippen LogP contribution >= 0.6 is 0 Å². The summed E-state index contributed by atoms with van der Waals surface area (Å²) in [4.78, 5) is 8.50. The van der Waals surface area contributed by atoms with Gasteiger partial charge < -0.3 is 15.0 Å². The van der Waals surface area contributed by atoms with Crippen LogP contribution in [0.2, 0.25) is 0 Å². The molecule has 0 radical (unpaired) electrons. The maximum atomic E-state index is 9.91. The molecule has 4 heterocycles. The fourth-order valence-electron chi connectivity index (χ4n) is 4.00. The Labute approximate surface area is 178 Å². The molecule has 1 aliphatic heterocycles. The number of ether oxygens (including phenoxy) is 1. The quantitative estimate of drug-likeness (QED) is 0.557. The van der Waals surface area contributed by atoms with Crippen molar-refractivity contribution in [3.05, 3.63) is 89.6 Å². The lowest BCUT2D eigenvalue weighted by molar-refractivity contribution is 0.358. The van der Waals surface area contributed by atoms with E-state index in [2.05, 4.69) is 21.1 Å². The third-order valence-electron chi connectivity index (χ3n) is 5.46. The lowest BCUT2D eigenvalue weighted by Crippen LogP contribution is -2.21. The zero-order valence-corrected chi connectivity index (χ0v) is 17.0. The number of nitrogens with zero attached hydrogens (tertiary/aromatic N) is 6. The van der Waals surface area contributed by atoms with Gasteiger partial charge in [0.1, 0.15) is 23.2 Å². The van der Waals surface area contributed by atoms with Gasteiger partial charge in [-0.1, -0.05) is 12.1 Å². The minimum atomic E-state index is -0.407. The van der Waals surface area contributed by atoms with E-state index >= 15 is 0 Å². The molecule has 5 rings (SSSR count). The number of nitriles is 1. The lowest BCUT2D eigenvalue weighted by atomic mass is 9.83. The van der Waals surface area contributed by atoms with Crippen LogP contribution in [0.4, 0.5) is 0 Å². The van der Waals surface area contributed by atoms with Crippen LogP contribution in [0.1, 0.15) is 22.9 Å². The number of benzene rings is 1. The number of allylic oxidation sites excluding steroid dienone is 1. The molecule has 1 aliphatic rings. The monoisotopic (exact) mass is 409 g/mol. The number of aryl methyl sites for hydroxylation is 2. The van der Waals surface area contributed by atoms with Gasteiger partial charge in [-0.05, 0) is 36.8 Å². The second kappa shape index (κ2) is 7.15. The van der Waals surface area contributed by atoms with Crippen molar-refractivity contribution in [2.75, 3.05) is 0 Å². The molecule has 1 atom stereocenters. The molecule has 1 unspecified atom stereocenters. The summed E-state index contributed by atoms with van der Waals surface area (Å²) >= 11 is 0. The molecule has 0 bridgehead atoms. The average molecular weight is 409 g/mol. The Morgan fingerprint density at radius 3 is 2.61 bits per heavy atom. The number of nitrogens with two attached hydrogens (primary N) is 1. The van der Waals surface area contributed by atoms with Crippen LogP contribution in [0.25, 0.3) is 16.9 Å². The number of aromatic nitrogens is 5. The minimum Gasteiger partial charge on any atom is -0.422 e. The van der Waals surface area contributed by atoms with Gasteiger partial charge in [-0.25, -0.2) is 9.67 Å². The number of fused-ring (bicyclic) bond motifs is 1. The van der Waals surface area contributed by atoms with E-state index in [1.165, 1.54) is 0 Å². The molecule has 0 saturated heterocycles. The van der Waals surface area contributed by atoms with Gasteiger partial charge in [0.05, 0.1) is 11.5 Å². The first-order valence-electron chi connectivity index (χ1n) is 9.73. The second-order valence-electron chi connectivity index (χ2n) is 7.29. The van der Waals surface area contributed by atoms with Gasteiger partial charge in [0.15, 0.2) is 0 Å². The third-order valence-corrected chi connectivity index (χ3v) is 5.46. The molecule has 0 fully saturated rings. The van der Waals surface area contributed by atoms with E-state index in [-0.39, 0.29) is 5.88 Å². The van der Waals surface area contributed by atoms with Gasteiger partial charge in [-0.3, -0.25) is 4.98 Å².